The van der Waals surface area contributed by atoms with E-state index in [4.69, 9.17) is 18.6 Å². The molecule has 0 spiro atoms. The number of esters is 1. The Kier molecular flexibility index (Phi) is 8.07. The molecule has 3 rings (SSSR count). The van der Waals surface area contributed by atoms with Crippen molar-refractivity contribution in [3.05, 3.63) is 64.5 Å². The average molecular weight is 453 g/mol. The SMILES string of the molecule is COc1ccc(OCCCC(=O)Oc2ccc3cc(C(=O)NCC(C)C)c(=O)oc3c2)cc1. The topological polar surface area (TPSA) is 104 Å². The molecular weight excluding hydrogens is 426 g/mol. The van der Waals surface area contributed by atoms with E-state index in [9.17, 15) is 14.4 Å². The van der Waals surface area contributed by atoms with E-state index in [0.29, 0.717) is 30.7 Å². The Hall–Kier alpha value is -3.81. The maximum atomic E-state index is 12.2. The van der Waals surface area contributed by atoms with Crippen LogP contribution in [-0.2, 0) is 4.79 Å². The number of methoxy groups -OCH3 is 1. The highest BCUT2D eigenvalue weighted by molar-refractivity contribution is 5.96. The number of hydrogen-bond acceptors (Lipinski definition) is 7. The van der Waals surface area contributed by atoms with Gasteiger partial charge in [0, 0.05) is 24.4 Å². The molecule has 0 aliphatic rings. The van der Waals surface area contributed by atoms with E-state index in [2.05, 4.69) is 5.32 Å². The van der Waals surface area contributed by atoms with Crippen molar-refractivity contribution in [2.45, 2.75) is 26.7 Å². The molecule has 1 amide bonds. The van der Waals surface area contributed by atoms with Gasteiger partial charge in [0.15, 0.2) is 0 Å². The summed E-state index contributed by atoms with van der Waals surface area (Å²) in [5.41, 5.74) is -0.582. The van der Waals surface area contributed by atoms with E-state index in [1.54, 1.807) is 43.5 Å². The number of benzene rings is 2. The van der Waals surface area contributed by atoms with Gasteiger partial charge in [0.05, 0.1) is 13.7 Å². The van der Waals surface area contributed by atoms with Crippen molar-refractivity contribution < 1.29 is 28.2 Å². The average Bonchev–Trinajstić information content (AvgIpc) is 2.80. The maximum Gasteiger partial charge on any atom is 0.349 e. The molecule has 0 atom stereocenters. The second kappa shape index (κ2) is 11.2. The molecule has 8 nitrogen and oxygen atoms in total. The van der Waals surface area contributed by atoms with Crippen LogP contribution in [0, 0.1) is 5.92 Å². The van der Waals surface area contributed by atoms with Gasteiger partial charge in [-0.15, -0.1) is 0 Å². The molecule has 0 aliphatic carbocycles. The van der Waals surface area contributed by atoms with Gasteiger partial charge < -0.3 is 23.9 Å². The van der Waals surface area contributed by atoms with Gasteiger partial charge in [-0.2, -0.15) is 0 Å². The van der Waals surface area contributed by atoms with E-state index >= 15 is 0 Å². The van der Waals surface area contributed by atoms with Crippen molar-refractivity contribution in [3.8, 4) is 17.2 Å². The van der Waals surface area contributed by atoms with Crippen molar-refractivity contribution in [1.82, 2.24) is 5.32 Å². The van der Waals surface area contributed by atoms with Gasteiger partial charge in [0.2, 0.25) is 0 Å². The van der Waals surface area contributed by atoms with E-state index in [0.717, 1.165) is 5.75 Å². The number of hydrogen-bond donors (Lipinski definition) is 1. The molecule has 0 saturated carbocycles. The molecule has 0 bridgehead atoms. The summed E-state index contributed by atoms with van der Waals surface area (Å²) in [4.78, 5) is 36.6. The Bertz CT molecular complexity index is 1170. The smallest absolute Gasteiger partial charge is 0.349 e. The van der Waals surface area contributed by atoms with E-state index in [1.807, 2.05) is 13.8 Å². The lowest BCUT2D eigenvalue weighted by Gasteiger charge is -2.09. The standard InChI is InChI=1S/C25H27NO7/c1-16(2)15-26-24(28)21-13-17-6-7-20(14-22(17)33-25(21)29)32-23(27)5-4-12-31-19-10-8-18(30-3)9-11-19/h6-11,13-14,16H,4-5,12,15H2,1-3H3,(H,26,28). The Morgan fingerprint density at radius 3 is 2.39 bits per heavy atom. The van der Waals surface area contributed by atoms with Crippen LogP contribution in [0.15, 0.2) is 57.7 Å². The number of fused-ring (bicyclic) bond motifs is 1. The third-order valence-electron chi connectivity index (χ3n) is 4.71. The number of nitrogens with one attached hydrogen (secondary N) is 1. The zero-order valence-electron chi connectivity index (χ0n) is 18.9. The van der Waals surface area contributed by atoms with Crippen LogP contribution in [0.25, 0.3) is 11.0 Å². The first-order valence-corrected chi connectivity index (χ1v) is 10.7. The van der Waals surface area contributed by atoms with Gasteiger partial charge in [-0.25, -0.2) is 4.79 Å². The van der Waals surface area contributed by atoms with E-state index in [1.165, 1.54) is 12.1 Å². The number of carbonyl (C=O) groups is 2. The zero-order valence-corrected chi connectivity index (χ0v) is 18.9. The molecule has 1 aromatic heterocycles. The highest BCUT2D eigenvalue weighted by Crippen LogP contribution is 2.21. The van der Waals surface area contributed by atoms with Crippen LogP contribution in [0.5, 0.6) is 17.2 Å². The Labute approximate surface area is 191 Å². The monoisotopic (exact) mass is 453 g/mol. The summed E-state index contributed by atoms with van der Waals surface area (Å²) in [5.74, 6) is 1.02. The molecule has 0 unspecified atom stereocenters. The number of carbonyl (C=O) groups excluding carboxylic acids is 2. The fourth-order valence-corrected chi connectivity index (χ4v) is 2.97. The van der Waals surface area contributed by atoms with E-state index < -0.39 is 17.5 Å². The van der Waals surface area contributed by atoms with Crippen LogP contribution in [-0.4, -0.2) is 32.1 Å². The first-order chi connectivity index (χ1) is 15.9. The summed E-state index contributed by atoms with van der Waals surface area (Å²) in [5, 5.41) is 3.25. The molecule has 33 heavy (non-hydrogen) atoms. The maximum absolute atomic E-state index is 12.2. The Balaban J connectivity index is 1.54. The summed E-state index contributed by atoms with van der Waals surface area (Å²) in [6, 6.07) is 13.3. The lowest BCUT2D eigenvalue weighted by molar-refractivity contribution is -0.134. The van der Waals surface area contributed by atoms with Gasteiger partial charge >= 0.3 is 11.6 Å². The molecule has 0 saturated heterocycles. The quantitative estimate of drug-likeness (QED) is 0.214. The van der Waals surface area contributed by atoms with Crippen molar-refractivity contribution >= 4 is 22.8 Å². The molecule has 0 aliphatic heterocycles. The first kappa shape index (κ1) is 23.8. The molecule has 8 heteroatoms. The molecule has 0 fully saturated rings. The fourth-order valence-electron chi connectivity index (χ4n) is 2.97. The minimum absolute atomic E-state index is 0.0650. The van der Waals surface area contributed by atoms with Gasteiger partial charge in [-0.1, -0.05) is 13.8 Å². The van der Waals surface area contributed by atoms with E-state index in [-0.39, 0.29) is 29.2 Å². The van der Waals surface area contributed by atoms with Gasteiger partial charge in [-0.05, 0) is 54.8 Å². The minimum atomic E-state index is -0.747. The summed E-state index contributed by atoms with van der Waals surface area (Å²) >= 11 is 0. The minimum Gasteiger partial charge on any atom is -0.497 e. The third kappa shape index (κ3) is 6.83. The second-order valence-corrected chi connectivity index (χ2v) is 7.85. The van der Waals surface area contributed by atoms with Crippen LogP contribution in [0.4, 0.5) is 0 Å². The van der Waals surface area contributed by atoms with Gasteiger partial charge in [-0.3, -0.25) is 9.59 Å². The molecule has 174 valence electrons. The van der Waals surface area contributed by atoms with Gasteiger partial charge in [0.25, 0.3) is 5.91 Å². The molecule has 2 aromatic carbocycles. The lowest BCUT2D eigenvalue weighted by Crippen LogP contribution is -2.31. The molecule has 1 heterocycles. The molecular formula is C25H27NO7. The number of rotatable bonds is 10. The number of ether oxygens (including phenoxy) is 3. The predicted molar refractivity (Wildman–Crippen MR) is 123 cm³/mol. The number of amides is 1. The summed E-state index contributed by atoms with van der Waals surface area (Å²) in [7, 11) is 1.59. The molecule has 0 radical (unpaired) electrons. The lowest BCUT2D eigenvalue weighted by atomic mass is 10.1. The van der Waals surface area contributed by atoms with Crippen LogP contribution in [0.2, 0.25) is 0 Å². The Morgan fingerprint density at radius 1 is 1.00 bits per heavy atom. The van der Waals surface area contributed by atoms with Crippen molar-refractivity contribution in [2.24, 2.45) is 5.92 Å². The van der Waals surface area contributed by atoms with Crippen molar-refractivity contribution in [2.75, 3.05) is 20.3 Å². The van der Waals surface area contributed by atoms with Gasteiger partial charge in [0.1, 0.15) is 28.4 Å². The highest BCUT2D eigenvalue weighted by atomic mass is 16.5. The molecule has 1 N–H and O–H groups in total. The molecule has 3 aromatic rings. The summed E-state index contributed by atoms with van der Waals surface area (Å²) in [6.07, 6.45) is 0.634. The van der Waals surface area contributed by atoms with Crippen LogP contribution in [0.1, 0.15) is 37.0 Å². The predicted octanol–water partition coefficient (Wildman–Crippen LogP) is 3.95. The highest BCUT2D eigenvalue weighted by Gasteiger charge is 2.15. The first-order valence-electron chi connectivity index (χ1n) is 10.7. The largest absolute Gasteiger partial charge is 0.497 e. The third-order valence-corrected chi connectivity index (χ3v) is 4.71. The van der Waals surface area contributed by atoms with Crippen molar-refractivity contribution in [1.29, 1.82) is 0 Å². The normalized spacial score (nSPS) is 10.8. The Morgan fingerprint density at radius 2 is 1.70 bits per heavy atom. The fraction of sp³-hybridized carbons (Fsp3) is 0.320. The second-order valence-electron chi connectivity index (χ2n) is 7.85. The van der Waals surface area contributed by atoms with Crippen LogP contribution in [0.3, 0.4) is 0 Å². The van der Waals surface area contributed by atoms with Crippen LogP contribution >= 0.6 is 0 Å². The van der Waals surface area contributed by atoms with Crippen LogP contribution < -0.4 is 25.2 Å². The summed E-state index contributed by atoms with van der Waals surface area (Å²) in [6.45, 7) is 4.73. The zero-order chi connectivity index (χ0) is 23.8. The van der Waals surface area contributed by atoms with Crippen molar-refractivity contribution in [3.63, 3.8) is 0 Å². The summed E-state index contributed by atoms with van der Waals surface area (Å²) < 4.78 is 21.3.